The van der Waals surface area contributed by atoms with Crippen molar-refractivity contribution >= 4 is 29.1 Å². The number of carbonyl (C=O) groups is 2. The van der Waals surface area contributed by atoms with Gasteiger partial charge in [-0.15, -0.1) is 0 Å². The maximum atomic E-state index is 11.9. The molecule has 2 rings (SSSR count). The molecule has 2 aromatic carbocycles. The zero-order valence-corrected chi connectivity index (χ0v) is 14.4. The van der Waals surface area contributed by atoms with Crippen molar-refractivity contribution in [2.45, 2.75) is 0 Å². The quantitative estimate of drug-likeness (QED) is 0.416. The molecule has 0 atom stereocenters. The van der Waals surface area contributed by atoms with E-state index in [4.69, 9.17) is 16.3 Å². The second-order valence-electron chi connectivity index (χ2n) is 5.13. The lowest BCUT2D eigenvalue weighted by Gasteiger charge is -2.09. The van der Waals surface area contributed by atoms with Crippen LogP contribution in [0.1, 0.15) is 10.4 Å². The molecule has 9 heteroatoms. The molecular weight excluding hydrogens is 362 g/mol. The van der Waals surface area contributed by atoms with Crippen molar-refractivity contribution < 1.29 is 19.2 Å². The molecule has 136 valence electrons. The fourth-order valence-corrected chi connectivity index (χ4v) is 2.23. The average molecular weight is 378 g/mol. The smallest absolute Gasteiger partial charge is 0.273 e. The summed E-state index contributed by atoms with van der Waals surface area (Å²) in [6, 6.07) is 12.2. The molecule has 0 aliphatic carbocycles. The summed E-state index contributed by atoms with van der Waals surface area (Å²) >= 11 is 5.92. The largest absolute Gasteiger partial charge is 0.484 e. The monoisotopic (exact) mass is 377 g/mol. The Balaban J connectivity index is 1.69. The van der Waals surface area contributed by atoms with Crippen LogP contribution in [-0.4, -0.2) is 36.4 Å². The molecule has 2 amide bonds. The van der Waals surface area contributed by atoms with E-state index in [0.717, 1.165) is 0 Å². The summed E-state index contributed by atoms with van der Waals surface area (Å²) in [7, 11) is 0. The zero-order chi connectivity index (χ0) is 18.9. The summed E-state index contributed by atoms with van der Waals surface area (Å²) < 4.78 is 5.20. The number of nitrogens with zero attached hydrogens (tertiary/aromatic N) is 1. The minimum absolute atomic E-state index is 0.120. The standard InChI is InChI=1S/C17H16ClN3O5/c18-15-7-2-1-6-14(15)17(23)20-9-8-19-16(22)11-26-13-5-3-4-12(10-13)21(24)25/h1-7,10H,8-9,11H2,(H,19,22)(H,20,23). The van der Waals surface area contributed by atoms with Crippen LogP contribution in [0.3, 0.4) is 0 Å². The van der Waals surface area contributed by atoms with E-state index in [9.17, 15) is 19.7 Å². The molecule has 0 aliphatic heterocycles. The Kier molecular flexibility index (Phi) is 6.92. The van der Waals surface area contributed by atoms with Gasteiger partial charge in [0, 0.05) is 19.2 Å². The summed E-state index contributed by atoms with van der Waals surface area (Å²) in [6.45, 7) is 0.125. The van der Waals surface area contributed by atoms with Crippen LogP contribution < -0.4 is 15.4 Å². The molecule has 8 nitrogen and oxygen atoms in total. The van der Waals surface area contributed by atoms with Crippen molar-refractivity contribution in [1.29, 1.82) is 0 Å². The Morgan fingerprint density at radius 3 is 2.54 bits per heavy atom. The number of hydrogen-bond donors (Lipinski definition) is 2. The first kappa shape index (κ1) is 19.2. The van der Waals surface area contributed by atoms with E-state index in [1.807, 2.05) is 0 Å². The van der Waals surface area contributed by atoms with Crippen LogP contribution in [0, 0.1) is 10.1 Å². The molecule has 0 bridgehead atoms. The molecule has 2 N–H and O–H groups in total. The molecular formula is C17H16ClN3O5. The van der Waals surface area contributed by atoms with Gasteiger partial charge in [0.2, 0.25) is 0 Å². The first-order valence-electron chi connectivity index (χ1n) is 7.64. The molecule has 0 aromatic heterocycles. The molecule has 0 aliphatic rings. The van der Waals surface area contributed by atoms with Gasteiger partial charge < -0.3 is 15.4 Å². The van der Waals surface area contributed by atoms with Gasteiger partial charge in [-0.25, -0.2) is 0 Å². The molecule has 0 heterocycles. The first-order chi connectivity index (χ1) is 12.5. The summed E-state index contributed by atoms with van der Waals surface area (Å²) in [5, 5.41) is 16.2. The van der Waals surface area contributed by atoms with Gasteiger partial charge in [-0.2, -0.15) is 0 Å². The lowest BCUT2D eigenvalue weighted by atomic mass is 10.2. The van der Waals surface area contributed by atoms with Gasteiger partial charge in [0.05, 0.1) is 21.6 Å². The average Bonchev–Trinajstić information content (AvgIpc) is 2.64. The van der Waals surface area contributed by atoms with E-state index in [1.165, 1.54) is 24.3 Å². The molecule has 0 radical (unpaired) electrons. The minimum Gasteiger partial charge on any atom is -0.484 e. The van der Waals surface area contributed by atoms with Gasteiger partial charge in [-0.05, 0) is 18.2 Å². The molecule has 0 fully saturated rings. The van der Waals surface area contributed by atoms with E-state index >= 15 is 0 Å². The molecule has 26 heavy (non-hydrogen) atoms. The van der Waals surface area contributed by atoms with Crippen molar-refractivity contribution in [1.82, 2.24) is 10.6 Å². The zero-order valence-electron chi connectivity index (χ0n) is 13.6. The van der Waals surface area contributed by atoms with Crippen molar-refractivity contribution in [3.05, 3.63) is 69.2 Å². The molecule has 0 saturated carbocycles. The third kappa shape index (κ3) is 5.75. The highest BCUT2D eigenvalue weighted by atomic mass is 35.5. The van der Waals surface area contributed by atoms with E-state index in [-0.39, 0.29) is 37.0 Å². The lowest BCUT2D eigenvalue weighted by molar-refractivity contribution is -0.384. The normalized spacial score (nSPS) is 10.0. The molecule has 0 saturated heterocycles. The summed E-state index contributed by atoms with van der Waals surface area (Å²) in [5.74, 6) is -0.525. The Hall–Kier alpha value is -3.13. The van der Waals surface area contributed by atoms with Crippen LogP contribution in [0.15, 0.2) is 48.5 Å². The number of hydrogen-bond acceptors (Lipinski definition) is 5. The third-order valence-corrected chi connectivity index (χ3v) is 3.58. The number of nitro groups is 1. The fraction of sp³-hybridized carbons (Fsp3) is 0.176. The predicted molar refractivity (Wildman–Crippen MR) is 95.4 cm³/mol. The Labute approximate surface area is 154 Å². The number of halogens is 1. The van der Waals surface area contributed by atoms with Crippen LogP contribution in [0.2, 0.25) is 5.02 Å². The van der Waals surface area contributed by atoms with Crippen LogP contribution in [0.5, 0.6) is 5.75 Å². The highest BCUT2D eigenvalue weighted by Gasteiger charge is 2.10. The van der Waals surface area contributed by atoms with Crippen LogP contribution in [0.4, 0.5) is 5.69 Å². The van der Waals surface area contributed by atoms with Gasteiger partial charge in [0.25, 0.3) is 17.5 Å². The highest BCUT2D eigenvalue weighted by Crippen LogP contribution is 2.18. The van der Waals surface area contributed by atoms with Gasteiger partial charge >= 0.3 is 0 Å². The SMILES string of the molecule is O=C(COc1cccc([N+](=O)[O-])c1)NCCNC(=O)c1ccccc1Cl. The Morgan fingerprint density at radius 2 is 1.81 bits per heavy atom. The van der Waals surface area contributed by atoms with E-state index in [1.54, 1.807) is 24.3 Å². The maximum absolute atomic E-state index is 11.9. The number of nitrogens with one attached hydrogen (secondary N) is 2. The molecule has 0 unspecified atom stereocenters. The number of benzene rings is 2. The van der Waals surface area contributed by atoms with Crippen molar-refractivity contribution in [3.63, 3.8) is 0 Å². The first-order valence-corrected chi connectivity index (χ1v) is 8.02. The third-order valence-electron chi connectivity index (χ3n) is 3.25. The van der Waals surface area contributed by atoms with E-state index < -0.39 is 10.8 Å². The topological polar surface area (TPSA) is 111 Å². The number of non-ortho nitro benzene ring substituents is 1. The van der Waals surface area contributed by atoms with Crippen LogP contribution in [0.25, 0.3) is 0 Å². The number of carbonyl (C=O) groups excluding carboxylic acids is 2. The number of rotatable bonds is 8. The molecule has 2 aromatic rings. The Bertz CT molecular complexity index is 812. The van der Waals surface area contributed by atoms with Gasteiger partial charge in [-0.3, -0.25) is 19.7 Å². The van der Waals surface area contributed by atoms with Crippen molar-refractivity contribution in [2.75, 3.05) is 19.7 Å². The fourth-order valence-electron chi connectivity index (χ4n) is 2.01. The van der Waals surface area contributed by atoms with Crippen LogP contribution in [-0.2, 0) is 4.79 Å². The number of ether oxygens (including phenoxy) is 1. The second kappa shape index (κ2) is 9.38. The lowest BCUT2D eigenvalue weighted by Crippen LogP contribution is -2.36. The summed E-state index contributed by atoms with van der Waals surface area (Å²) in [4.78, 5) is 33.7. The van der Waals surface area contributed by atoms with Crippen molar-refractivity contribution in [2.24, 2.45) is 0 Å². The number of nitro benzene ring substituents is 1. The van der Waals surface area contributed by atoms with Gasteiger partial charge in [-0.1, -0.05) is 29.8 Å². The van der Waals surface area contributed by atoms with Crippen molar-refractivity contribution in [3.8, 4) is 5.75 Å². The van der Waals surface area contributed by atoms with Gasteiger partial charge in [0.1, 0.15) is 5.75 Å². The summed E-state index contributed by atoms with van der Waals surface area (Å²) in [5.41, 5.74) is 0.236. The van der Waals surface area contributed by atoms with Gasteiger partial charge in [0.15, 0.2) is 6.61 Å². The predicted octanol–water partition coefficient (Wildman–Crippen LogP) is 2.17. The van der Waals surface area contributed by atoms with E-state index in [0.29, 0.717) is 10.6 Å². The van der Waals surface area contributed by atoms with Crippen LogP contribution >= 0.6 is 11.6 Å². The Morgan fingerprint density at radius 1 is 1.08 bits per heavy atom. The number of amides is 2. The highest BCUT2D eigenvalue weighted by molar-refractivity contribution is 6.33. The minimum atomic E-state index is -0.547. The summed E-state index contributed by atoms with van der Waals surface area (Å²) in [6.07, 6.45) is 0. The maximum Gasteiger partial charge on any atom is 0.273 e. The van der Waals surface area contributed by atoms with E-state index in [2.05, 4.69) is 10.6 Å². The second-order valence-corrected chi connectivity index (χ2v) is 5.54. The molecule has 0 spiro atoms.